The summed E-state index contributed by atoms with van der Waals surface area (Å²) in [6, 6.07) is 10.3. The summed E-state index contributed by atoms with van der Waals surface area (Å²) >= 11 is 0. The van der Waals surface area contributed by atoms with Crippen LogP contribution in [-0.2, 0) is 9.53 Å². The number of nitro groups is 1. The van der Waals surface area contributed by atoms with E-state index in [2.05, 4.69) is 6.58 Å². The molecule has 8 heteroatoms. The highest BCUT2D eigenvalue weighted by Gasteiger charge is 2.27. The second kappa shape index (κ2) is 8.17. The highest BCUT2D eigenvalue weighted by Crippen LogP contribution is 2.35. The van der Waals surface area contributed by atoms with Gasteiger partial charge in [0, 0.05) is 18.2 Å². The molecule has 0 atom stereocenters. The largest absolute Gasteiger partial charge is 0.482 e. The number of fused-ring (bicyclic) bond motifs is 1. The Morgan fingerprint density at radius 1 is 1.21 bits per heavy atom. The molecule has 3 rings (SSSR count). The van der Waals surface area contributed by atoms with Crippen molar-refractivity contribution in [2.45, 2.75) is 0 Å². The zero-order valence-electron chi connectivity index (χ0n) is 14.6. The fourth-order valence-corrected chi connectivity index (χ4v) is 2.44. The highest BCUT2D eigenvalue weighted by atomic mass is 16.6. The molecule has 1 heterocycles. The Hall–Kier alpha value is -3.94. The van der Waals surface area contributed by atoms with Crippen molar-refractivity contribution in [2.75, 3.05) is 13.2 Å². The summed E-state index contributed by atoms with van der Waals surface area (Å²) in [6.07, 6.45) is 2.95. The summed E-state index contributed by atoms with van der Waals surface area (Å²) in [5.41, 5.74) is 0.899. The minimum atomic E-state index is -0.545. The van der Waals surface area contributed by atoms with E-state index in [9.17, 15) is 19.7 Å². The second-order valence-corrected chi connectivity index (χ2v) is 5.71. The van der Waals surface area contributed by atoms with Crippen LogP contribution < -0.4 is 9.47 Å². The molecule has 0 saturated heterocycles. The number of non-ortho nitro benzene ring substituents is 1. The van der Waals surface area contributed by atoms with Crippen LogP contribution in [0.15, 0.2) is 60.9 Å². The number of nitrogens with zero attached hydrogens (tertiary/aromatic N) is 1. The molecule has 0 aromatic heterocycles. The molecule has 0 aliphatic carbocycles. The zero-order chi connectivity index (χ0) is 20.1. The van der Waals surface area contributed by atoms with E-state index in [1.807, 2.05) is 0 Å². The van der Waals surface area contributed by atoms with Crippen molar-refractivity contribution in [3.63, 3.8) is 0 Å². The first-order valence-electron chi connectivity index (χ1n) is 8.20. The number of Topliss-reactive ketones (excluding diaryl/α,β-unsaturated/α-hetero) is 1. The number of nitro benzene ring substituents is 1. The lowest BCUT2D eigenvalue weighted by molar-refractivity contribution is -0.384. The normalized spacial score (nSPS) is 13.6. The molecule has 28 heavy (non-hydrogen) atoms. The van der Waals surface area contributed by atoms with E-state index in [4.69, 9.17) is 14.2 Å². The fourth-order valence-electron chi connectivity index (χ4n) is 2.44. The van der Waals surface area contributed by atoms with Gasteiger partial charge in [0.05, 0.1) is 10.5 Å². The number of allylic oxidation sites excluding steroid dienone is 1. The molecule has 0 unspecified atom stereocenters. The van der Waals surface area contributed by atoms with Crippen LogP contribution in [0, 0.1) is 10.1 Å². The van der Waals surface area contributed by atoms with Gasteiger partial charge in [0.15, 0.2) is 12.4 Å². The van der Waals surface area contributed by atoms with Crippen molar-refractivity contribution < 1.29 is 28.7 Å². The number of hydrogen-bond acceptors (Lipinski definition) is 7. The van der Waals surface area contributed by atoms with Gasteiger partial charge in [-0.3, -0.25) is 14.9 Å². The fraction of sp³-hybridized carbons (Fsp3) is 0.100. The van der Waals surface area contributed by atoms with Crippen molar-refractivity contribution in [2.24, 2.45) is 0 Å². The Bertz CT molecular complexity index is 977. The van der Waals surface area contributed by atoms with Crippen molar-refractivity contribution >= 4 is 23.5 Å². The molecular weight excluding hydrogens is 366 g/mol. The Morgan fingerprint density at radius 3 is 2.64 bits per heavy atom. The van der Waals surface area contributed by atoms with Crippen LogP contribution >= 0.6 is 0 Å². The Balaban J connectivity index is 1.71. The van der Waals surface area contributed by atoms with Gasteiger partial charge in [0.25, 0.3) is 5.69 Å². The molecule has 0 bridgehead atoms. The highest BCUT2D eigenvalue weighted by molar-refractivity contribution is 6.14. The Labute approximate surface area is 159 Å². The summed E-state index contributed by atoms with van der Waals surface area (Å²) in [5.74, 6) is -0.123. The predicted octanol–water partition coefficient (Wildman–Crippen LogP) is 3.32. The van der Waals surface area contributed by atoms with Gasteiger partial charge < -0.3 is 14.2 Å². The summed E-state index contributed by atoms with van der Waals surface area (Å²) in [7, 11) is 0. The lowest BCUT2D eigenvalue weighted by atomic mass is 10.1. The first-order chi connectivity index (χ1) is 13.5. The van der Waals surface area contributed by atoms with Crippen LogP contribution in [0.4, 0.5) is 5.69 Å². The maximum Gasteiger partial charge on any atom is 0.344 e. The van der Waals surface area contributed by atoms with E-state index in [-0.39, 0.29) is 30.4 Å². The van der Waals surface area contributed by atoms with Gasteiger partial charge in [-0.25, -0.2) is 4.79 Å². The first kappa shape index (κ1) is 18.8. The quantitative estimate of drug-likeness (QED) is 0.238. The summed E-state index contributed by atoms with van der Waals surface area (Å²) in [6.45, 7) is 3.26. The third kappa shape index (κ3) is 4.24. The molecule has 2 aromatic rings. The average Bonchev–Trinajstić information content (AvgIpc) is 3.00. The number of ether oxygens (including phenoxy) is 3. The standard InChI is InChI=1S/C20H15NO7/c1-2-9-26-19(22)12-27-15-7-8-16-17(11-15)28-18(20(16)23)10-13-3-5-14(6-4-13)21(24)25/h2-8,10-11H,1,9,12H2/b18-10+. The number of benzene rings is 2. The number of hydrogen-bond donors (Lipinski definition) is 0. The van der Waals surface area contributed by atoms with Crippen molar-refractivity contribution in [1.82, 2.24) is 0 Å². The van der Waals surface area contributed by atoms with Crippen LogP contribution in [0.25, 0.3) is 6.08 Å². The molecule has 0 saturated carbocycles. The second-order valence-electron chi connectivity index (χ2n) is 5.71. The van der Waals surface area contributed by atoms with Crippen molar-refractivity contribution in [3.8, 4) is 11.5 Å². The van der Waals surface area contributed by atoms with Gasteiger partial charge in [0.2, 0.25) is 5.78 Å². The molecule has 1 aliphatic heterocycles. The SMILES string of the molecule is C=CCOC(=O)COc1ccc2c(c1)O/C(=C/c1ccc([N+](=O)[O-])cc1)C2=O. The summed E-state index contributed by atoms with van der Waals surface area (Å²) in [5, 5.41) is 10.7. The minimum Gasteiger partial charge on any atom is -0.482 e. The van der Waals surface area contributed by atoms with Gasteiger partial charge in [-0.2, -0.15) is 0 Å². The smallest absolute Gasteiger partial charge is 0.344 e. The molecule has 0 spiro atoms. The number of ketones is 1. The molecule has 0 fully saturated rings. The number of rotatable bonds is 7. The zero-order valence-corrected chi connectivity index (χ0v) is 14.6. The predicted molar refractivity (Wildman–Crippen MR) is 99.1 cm³/mol. The van der Waals surface area contributed by atoms with Crippen LogP contribution in [0.5, 0.6) is 11.5 Å². The Kier molecular flexibility index (Phi) is 5.50. The first-order valence-corrected chi connectivity index (χ1v) is 8.20. The number of carbonyl (C=O) groups excluding carboxylic acids is 2. The van der Waals surface area contributed by atoms with Gasteiger partial charge in [-0.15, -0.1) is 0 Å². The van der Waals surface area contributed by atoms with E-state index < -0.39 is 10.9 Å². The van der Waals surface area contributed by atoms with Gasteiger partial charge >= 0.3 is 5.97 Å². The van der Waals surface area contributed by atoms with Crippen LogP contribution in [-0.4, -0.2) is 29.9 Å². The molecule has 142 valence electrons. The molecule has 0 N–H and O–H groups in total. The topological polar surface area (TPSA) is 105 Å². The summed E-state index contributed by atoms with van der Waals surface area (Å²) < 4.78 is 15.7. The van der Waals surface area contributed by atoms with E-state index in [1.165, 1.54) is 42.5 Å². The number of esters is 1. The summed E-state index contributed by atoms with van der Waals surface area (Å²) in [4.78, 5) is 34.1. The van der Waals surface area contributed by atoms with E-state index in [1.54, 1.807) is 12.1 Å². The van der Waals surface area contributed by atoms with Crippen LogP contribution in [0.3, 0.4) is 0 Å². The average molecular weight is 381 g/mol. The number of carbonyl (C=O) groups is 2. The van der Waals surface area contributed by atoms with Crippen molar-refractivity contribution in [1.29, 1.82) is 0 Å². The van der Waals surface area contributed by atoms with Crippen molar-refractivity contribution in [3.05, 3.63) is 82.1 Å². The van der Waals surface area contributed by atoms with E-state index in [0.29, 0.717) is 22.6 Å². The molecule has 2 aromatic carbocycles. The third-order valence-corrected chi connectivity index (χ3v) is 3.76. The maximum atomic E-state index is 12.4. The van der Waals surface area contributed by atoms with Crippen LogP contribution in [0.1, 0.15) is 15.9 Å². The molecule has 0 amide bonds. The molecule has 0 radical (unpaired) electrons. The maximum absolute atomic E-state index is 12.4. The third-order valence-electron chi connectivity index (χ3n) is 3.76. The van der Waals surface area contributed by atoms with E-state index in [0.717, 1.165) is 0 Å². The van der Waals surface area contributed by atoms with Gasteiger partial charge in [-0.1, -0.05) is 12.7 Å². The monoisotopic (exact) mass is 381 g/mol. The van der Waals surface area contributed by atoms with Crippen LogP contribution in [0.2, 0.25) is 0 Å². The van der Waals surface area contributed by atoms with Gasteiger partial charge in [0.1, 0.15) is 18.1 Å². The van der Waals surface area contributed by atoms with E-state index >= 15 is 0 Å². The molecular formula is C20H15NO7. The Morgan fingerprint density at radius 2 is 1.96 bits per heavy atom. The van der Waals surface area contributed by atoms with Gasteiger partial charge in [-0.05, 0) is 35.9 Å². The lowest BCUT2D eigenvalue weighted by Crippen LogP contribution is -2.14. The molecule has 1 aliphatic rings. The molecule has 8 nitrogen and oxygen atoms in total. The lowest BCUT2D eigenvalue weighted by Gasteiger charge is -2.06. The minimum absolute atomic E-state index is 0.0440.